The molecule has 0 aliphatic heterocycles. The number of nitrogens with one attached hydrogen (secondary N) is 2. The van der Waals surface area contributed by atoms with E-state index in [2.05, 4.69) is 31.4 Å². The number of carbonyl (C=O) groups is 1. The van der Waals surface area contributed by atoms with Crippen molar-refractivity contribution in [2.45, 2.75) is 40.3 Å². The van der Waals surface area contributed by atoms with Crippen molar-refractivity contribution in [2.75, 3.05) is 6.54 Å². The van der Waals surface area contributed by atoms with E-state index in [0.29, 0.717) is 6.54 Å². The summed E-state index contributed by atoms with van der Waals surface area (Å²) in [5.41, 5.74) is 3.14. The van der Waals surface area contributed by atoms with Crippen LogP contribution < -0.4 is 10.6 Å². The molecular formula is C21H27FN2O. The minimum atomic E-state index is -0.257. The van der Waals surface area contributed by atoms with Gasteiger partial charge in [-0.2, -0.15) is 0 Å². The molecule has 0 spiro atoms. The zero-order valence-corrected chi connectivity index (χ0v) is 15.4. The molecule has 2 aromatic rings. The minimum absolute atomic E-state index is 0.0442. The Morgan fingerprint density at radius 2 is 1.72 bits per heavy atom. The molecule has 2 N–H and O–H groups in total. The van der Waals surface area contributed by atoms with Crippen LogP contribution >= 0.6 is 0 Å². The lowest BCUT2D eigenvalue weighted by atomic mass is 9.82. The fourth-order valence-corrected chi connectivity index (χ4v) is 2.84. The van der Waals surface area contributed by atoms with Crippen molar-refractivity contribution >= 4 is 5.91 Å². The molecule has 0 saturated heterocycles. The largest absolute Gasteiger partial charge is 0.351 e. The second-order valence-electron chi connectivity index (χ2n) is 7.43. The van der Waals surface area contributed by atoms with Crippen molar-refractivity contribution in [3.63, 3.8) is 0 Å². The van der Waals surface area contributed by atoms with Gasteiger partial charge in [0.25, 0.3) is 0 Å². The molecule has 0 bridgehead atoms. The Bertz CT molecular complexity index is 705. The molecule has 1 amide bonds. The maximum absolute atomic E-state index is 13.2. The average molecular weight is 342 g/mol. The summed E-state index contributed by atoms with van der Waals surface area (Å²) < 4.78 is 13.2. The molecule has 0 fully saturated rings. The first-order valence-electron chi connectivity index (χ1n) is 8.57. The van der Waals surface area contributed by atoms with E-state index in [1.165, 1.54) is 12.1 Å². The average Bonchev–Trinajstić information content (AvgIpc) is 2.55. The number of halogens is 1. The third-order valence-corrected chi connectivity index (χ3v) is 4.27. The summed E-state index contributed by atoms with van der Waals surface area (Å²) in [6, 6.07) is 14.4. The van der Waals surface area contributed by atoms with Crippen molar-refractivity contribution in [2.24, 2.45) is 5.41 Å². The van der Waals surface area contributed by atoms with Crippen LogP contribution in [-0.2, 0) is 11.3 Å². The molecule has 25 heavy (non-hydrogen) atoms. The van der Waals surface area contributed by atoms with E-state index in [-0.39, 0.29) is 29.7 Å². The van der Waals surface area contributed by atoms with E-state index in [9.17, 15) is 9.18 Å². The quantitative estimate of drug-likeness (QED) is 0.829. The Kier molecular flexibility index (Phi) is 6.32. The highest BCUT2D eigenvalue weighted by molar-refractivity contribution is 5.78. The van der Waals surface area contributed by atoms with Crippen LogP contribution in [-0.4, -0.2) is 12.5 Å². The number of rotatable bonds is 6. The van der Waals surface area contributed by atoms with Gasteiger partial charge in [0.1, 0.15) is 5.82 Å². The molecule has 2 aromatic carbocycles. The van der Waals surface area contributed by atoms with Crippen molar-refractivity contribution in [1.82, 2.24) is 10.6 Å². The first-order valence-corrected chi connectivity index (χ1v) is 8.57. The summed E-state index contributed by atoms with van der Waals surface area (Å²) in [6.07, 6.45) is 0. The topological polar surface area (TPSA) is 41.1 Å². The van der Waals surface area contributed by atoms with Gasteiger partial charge in [0.05, 0.1) is 6.54 Å². The smallest absolute Gasteiger partial charge is 0.234 e. The molecule has 0 saturated carbocycles. The molecule has 3 nitrogen and oxygen atoms in total. The second kappa shape index (κ2) is 8.26. The van der Waals surface area contributed by atoms with Gasteiger partial charge >= 0.3 is 0 Å². The highest BCUT2D eigenvalue weighted by atomic mass is 19.1. The normalized spacial score (nSPS) is 12.7. The molecule has 0 radical (unpaired) electrons. The van der Waals surface area contributed by atoms with Gasteiger partial charge in [0, 0.05) is 12.6 Å². The van der Waals surface area contributed by atoms with Crippen molar-refractivity contribution in [3.05, 3.63) is 71.0 Å². The van der Waals surface area contributed by atoms with E-state index >= 15 is 0 Å². The lowest BCUT2D eigenvalue weighted by Crippen LogP contribution is -2.39. The van der Waals surface area contributed by atoms with Crippen molar-refractivity contribution in [1.29, 1.82) is 0 Å². The molecule has 134 valence electrons. The molecule has 0 aromatic heterocycles. The standard InChI is InChI=1S/C21H27FN2O/c1-15-7-5-6-8-17(15)13-23-19(25)14-24-20(21(2,3)4)16-9-11-18(22)12-10-16/h5-12,20,24H,13-14H2,1-4H3,(H,23,25). The number of carbonyl (C=O) groups excluding carboxylic acids is 1. The zero-order valence-electron chi connectivity index (χ0n) is 15.4. The van der Waals surface area contributed by atoms with E-state index in [1.807, 2.05) is 31.2 Å². The van der Waals surface area contributed by atoms with E-state index in [1.54, 1.807) is 12.1 Å². The van der Waals surface area contributed by atoms with E-state index < -0.39 is 0 Å². The summed E-state index contributed by atoms with van der Waals surface area (Å²) in [7, 11) is 0. The molecule has 0 heterocycles. The fourth-order valence-electron chi connectivity index (χ4n) is 2.84. The second-order valence-corrected chi connectivity index (χ2v) is 7.43. The molecule has 0 aliphatic carbocycles. The van der Waals surface area contributed by atoms with Crippen LogP contribution in [0, 0.1) is 18.2 Å². The summed E-state index contributed by atoms with van der Waals surface area (Å²) in [5.74, 6) is -0.313. The minimum Gasteiger partial charge on any atom is -0.351 e. The molecule has 2 rings (SSSR count). The zero-order chi connectivity index (χ0) is 18.4. The number of amides is 1. The monoisotopic (exact) mass is 342 g/mol. The number of hydrogen-bond acceptors (Lipinski definition) is 2. The first-order chi connectivity index (χ1) is 11.8. The van der Waals surface area contributed by atoms with Crippen LogP contribution in [0.15, 0.2) is 48.5 Å². The summed E-state index contributed by atoms with van der Waals surface area (Å²) in [6.45, 7) is 9.05. The maximum Gasteiger partial charge on any atom is 0.234 e. The van der Waals surface area contributed by atoms with Gasteiger partial charge < -0.3 is 10.6 Å². The van der Waals surface area contributed by atoms with Gasteiger partial charge in [-0.1, -0.05) is 57.2 Å². The van der Waals surface area contributed by atoms with Gasteiger partial charge in [-0.3, -0.25) is 4.79 Å². The number of benzene rings is 2. The van der Waals surface area contributed by atoms with Gasteiger partial charge in [-0.05, 0) is 41.2 Å². The Labute approximate surface area is 149 Å². The summed E-state index contributed by atoms with van der Waals surface area (Å²) in [5, 5.41) is 6.26. The molecule has 1 atom stereocenters. The fraction of sp³-hybridized carbons (Fsp3) is 0.381. The van der Waals surface area contributed by atoms with E-state index in [0.717, 1.165) is 16.7 Å². The lowest BCUT2D eigenvalue weighted by Gasteiger charge is -2.32. The van der Waals surface area contributed by atoms with Crippen molar-refractivity contribution < 1.29 is 9.18 Å². The van der Waals surface area contributed by atoms with Crippen LogP contribution in [0.4, 0.5) is 4.39 Å². The van der Waals surface area contributed by atoms with Crippen LogP contribution in [0.5, 0.6) is 0 Å². The van der Waals surface area contributed by atoms with Gasteiger partial charge in [-0.25, -0.2) is 4.39 Å². The van der Waals surface area contributed by atoms with Gasteiger partial charge in [0.15, 0.2) is 0 Å². The predicted molar refractivity (Wildman–Crippen MR) is 99.6 cm³/mol. The summed E-state index contributed by atoms with van der Waals surface area (Å²) >= 11 is 0. The highest BCUT2D eigenvalue weighted by Gasteiger charge is 2.26. The third-order valence-electron chi connectivity index (χ3n) is 4.27. The highest BCUT2D eigenvalue weighted by Crippen LogP contribution is 2.32. The summed E-state index contributed by atoms with van der Waals surface area (Å²) in [4.78, 5) is 12.2. The van der Waals surface area contributed by atoms with Gasteiger partial charge in [-0.15, -0.1) is 0 Å². The van der Waals surface area contributed by atoms with Gasteiger partial charge in [0.2, 0.25) is 5.91 Å². The SMILES string of the molecule is Cc1ccccc1CNC(=O)CNC(c1ccc(F)cc1)C(C)(C)C. The van der Waals surface area contributed by atoms with E-state index in [4.69, 9.17) is 0 Å². The van der Waals surface area contributed by atoms with Crippen LogP contribution in [0.25, 0.3) is 0 Å². The number of aryl methyl sites for hydroxylation is 1. The van der Waals surface area contributed by atoms with Crippen LogP contribution in [0.3, 0.4) is 0 Å². The maximum atomic E-state index is 13.2. The number of hydrogen-bond donors (Lipinski definition) is 2. The lowest BCUT2D eigenvalue weighted by molar-refractivity contribution is -0.120. The Hall–Kier alpha value is -2.20. The Morgan fingerprint density at radius 3 is 2.32 bits per heavy atom. The van der Waals surface area contributed by atoms with Crippen molar-refractivity contribution in [3.8, 4) is 0 Å². The third kappa shape index (κ3) is 5.68. The Morgan fingerprint density at radius 1 is 1.08 bits per heavy atom. The molecule has 4 heteroatoms. The molecule has 0 aliphatic rings. The molecular weight excluding hydrogens is 315 g/mol. The van der Waals surface area contributed by atoms with Crippen LogP contribution in [0.2, 0.25) is 0 Å². The Balaban J connectivity index is 1.95. The van der Waals surface area contributed by atoms with Crippen LogP contribution in [0.1, 0.15) is 43.5 Å². The predicted octanol–water partition coefficient (Wildman–Crippen LogP) is 4.13. The first kappa shape index (κ1) is 19.1. The molecule has 1 unspecified atom stereocenters.